The molecule has 0 spiro atoms. The van der Waals surface area contributed by atoms with Gasteiger partial charge in [0.25, 0.3) is 5.91 Å². The highest BCUT2D eigenvalue weighted by atomic mass is 19.1. The summed E-state index contributed by atoms with van der Waals surface area (Å²) in [6.45, 7) is 3.51. The van der Waals surface area contributed by atoms with Crippen LogP contribution in [0.3, 0.4) is 0 Å². The second kappa shape index (κ2) is 6.30. The summed E-state index contributed by atoms with van der Waals surface area (Å²) in [5, 5.41) is 4.42. The van der Waals surface area contributed by atoms with E-state index in [4.69, 9.17) is 0 Å². The summed E-state index contributed by atoms with van der Waals surface area (Å²) in [7, 11) is 0. The molecule has 0 atom stereocenters. The van der Waals surface area contributed by atoms with Crippen LogP contribution in [0.1, 0.15) is 41.9 Å². The van der Waals surface area contributed by atoms with Crippen LogP contribution < -0.4 is 0 Å². The molecule has 1 fully saturated rings. The maximum Gasteiger partial charge on any atom is 0.274 e. The van der Waals surface area contributed by atoms with Gasteiger partial charge in [0.15, 0.2) is 5.69 Å². The number of likely N-dealkylation sites (tertiary alicyclic amines) is 1. The summed E-state index contributed by atoms with van der Waals surface area (Å²) in [4.78, 5) is 14.5. The van der Waals surface area contributed by atoms with E-state index in [1.54, 1.807) is 22.9 Å². The molecule has 1 aromatic carbocycles. The first-order valence-electron chi connectivity index (χ1n) is 7.77. The molecule has 4 nitrogen and oxygen atoms in total. The Hall–Kier alpha value is -2.17. The normalized spacial score (nSPS) is 15.6. The van der Waals surface area contributed by atoms with E-state index in [-0.39, 0.29) is 11.7 Å². The molecular formula is C17H20FN3O. The monoisotopic (exact) mass is 301 g/mol. The Morgan fingerprint density at radius 1 is 1.09 bits per heavy atom. The van der Waals surface area contributed by atoms with Crippen LogP contribution in [0, 0.1) is 12.7 Å². The topological polar surface area (TPSA) is 38.1 Å². The summed E-state index contributed by atoms with van der Waals surface area (Å²) in [6.07, 6.45) is 4.49. The zero-order valence-corrected chi connectivity index (χ0v) is 12.8. The molecule has 1 aromatic heterocycles. The van der Waals surface area contributed by atoms with Crippen molar-refractivity contribution in [3.8, 4) is 5.69 Å². The average Bonchev–Trinajstić information content (AvgIpc) is 2.74. The van der Waals surface area contributed by atoms with Gasteiger partial charge in [-0.1, -0.05) is 12.8 Å². The van der Waals surface area contributed by atoms with Gasteiger partial charge in [-0.05, 0) is 50.1 Å². The molecule has 0 aliphatic carbocycles. The quantitative estimate of drug-likeness (QED) is 0.853. The van der Waals surface area contributed by atoms with Crippen LogP contribution in [0.25, 0.3) is 5.69 Å². The number of nitrogens with zero attached hydrogens (tertiary/aromatic N) is 3. The first kappa shape index (κ1) is 14.8. The summed E-state index contributed by atoms with van der Waals surface area (Å²) in [5.74, 6) is -0.291. The third kappa shape index (κ3) is 3.03. The number of hydrogen-bond donors (Lipinski definition) is 0. The van der Waals surface area contributed by atoms with Crippen molar-refractivity contribution in [3.05, 3.63) is 47.5 Å². The minimum absolute atomic E-state index is 0.00846. The first-order valence-corrected chi connectivity index (χ1v) is 7.77. The SMILES string of the molecule is Cc1cc(C(=O)N2CCCCCC2)nn1-c1ccc(F)cc1. The highest BCUT2D eigenvalue weighted by Gasteiger charge is 2.20. The molecule has 0 bridgehead atoms. The molecule has 5 heteroatoms. The minimum Gasteiger partial charge on any atom is -0.337 e. The molecule has 0 N–H and O–H groups in total. The zero-order chi connectivity index (χ0) is 15.5. The molecule has 1 aliphatic rings. The molecule has 0 saturated carbocycles. The molecule has 22 heavy (non-hydrogen) atoms. The Labute approximate surface area is 129 Å². The molecule has 2 heterocycles. The van der Waals surface area contributed by atoms with Gasteiger partial charge in [0, 0.05) is 18.8 Å². The largest absolute Gasteiger partial charge is 0.337 e. The van der Waals surface area contributed by atoms with E-state index in [9.17, 15) is 9.18 Å². The van der Waals surface area contributed by atoms with Crippen molar-refractivity contribution in [3.63, 3.8) is 0 Å². The number of carbonyl (C=O) groups is 1. The second-order valence-electron chi connectivity index (χ2n) is 5.77. The molecule has 1 amide bonds. The van der Waals surface area contributed by atoms with E-state index in [0.717, 1.165) is 37.3 Å². The maximum atomic E-state index is 13.0. The van der Waals surface area contributed by atoms with E-state index >= 15 is 0 Å². The third-order valence-corrected chi connectivity index (χ3v) is 4.07. The molecule has 3 rings (SSSR count). The van der Waals surface area contributed by atoms with Crippen LogP contribution in [-0.4, -0.2) is 33.7 Å². The predicted octanol–water partition coefficient (Wildman–Crippen LogP) is 3.34. The molecule has 2 aromatic rings. The summed E-state index contributed by atoms with van der Waals surface area (Å²) < 4.78 is 14.7. The highest BCUT2D eigenvalue weighted by molar-refractivity contribution is 5.92. The number of aromatic nitrogens is 2. The Bertz CT molecular complexity index is 655. The molecule has 1 saturated heterocycles. The van der Waals surface area contributed by atoms with Crippen molar-refractivity contribution in [2.24, 2.45) is 0 Å². The van der Waals surface area contributed by atoms with Crippen LogP contribution in [-0.2, 0) is 0 Å². The van der Waals surface area contributed by atoms with Crippen molar-refractivity contribution < 1.29 is 9.18 Å². The fourth-order valence-electron chi connectivity index (χ4n) is 2.86. The summed E-state index contributed by atoms with van der Waals surface area (Å²) in [6, 6.07) is 7.92. The maximum absolute atomic E-state index is 13.0. The number of hydrogen-bond acceptors (Lipinski definition) is 2. The number of rotatable bonds is 2. The van der Waals surface area contributed by atoms with Gasteiger partial charge < -0.3 is 4.90 Å². The summed E-state index contributed by atoms with van der Waals surface area (Å²) in [5.41, 5.74) is 2.09. The average molecular weight is 301 g/mol. The van der Waals surface area contributed by atoms with Crippen LogP contribution in [0.4, 0.5) is 4.39 Å². The zero-order valence-electron chi connectivity index (χ0n) is 12.8. The molecule has 1 aliphatic heterocycles. The number of benzene rings is 1. The van der Waals surface area contributed by atoms with E-state index in [1.807, 2.05) is 11.8 Å². The fourth-order valence-corrected chi connectivity index (χ4v) is 2.86. The number of amides is 1. The number of aryl methyl sites for hydroxylation is 1. The summed E-state index contributed by atoms with van der Waals surface area (Å²) >= 11 is 0. The van der Waals surface area contributed by atoms with Crippen LogP contribution in [0.5, 0.6) is 0 Å². The van der Waals surface area contributed by atoms with Gasteiger partial charge in [-0.3, -0.25) is 4.79 Å². The van der Waals surface area contributed by atoms with E-state index in [1.165, 1.54) is 25.0 Å². The lowest BCUT2D eigenvalue weighted by Gasteiger charge is -2.18. The minimum atomic E-state index is -0.283. The van der Waals surface area contributed by atoms with Crippen molar-refractivity contribution in [1.29, 1.82) is 0 Å². The van der Waals surface area contributed by atoms with Crippen molar-refractivity contribution in [2.45, 2.75) is 32.6 Å². The Kier molecular flexibility index (Phi) is 4.22. The third-order valence-electron chi connectivity index (χ3n) is 4.07. The first-order chi connectivity index (χ1) is 10.6. The van der Waals surface area contributed by atoms with Crippen molar-refractivity contribution in [2.75, 3.05) is 13.1 Å². The lowest BCUT2D eigenvalue weighted by molar-refractivity contribution is 0.0755. The lowest BCUT2D eigenvalue weighted by atomic mass is 10.2. The van der Waals surface area contributed by atoms with Gasteiger partial charge in [0.05, 0.1) is 5.69 Å². The molecular weight excluding hydrogens is 281 g/mol. The molecule has 116 valence electrons. The molecule has 0 unspecified atom stereocenters. The standard InChI is InChI=1S/C17H20FN3O/c1-13-12-16(17(22)20-10-4-2-3-5-11-20)19-21(13)15-8-6-14(18)7-9-15/h6-9,12H,2-5,10-11H2,1H3. The van der Waals surface area contributed by atoms with Gasteiger partial charge in [-0.15, -0.1) is 0 Å². The van der Waals surface area contributed by atoms with Gasteiger partial charge >= 0.3 is 0 Å². The molecule has 0 radical (unpaired) electrons. The van der Waals surface area contributed by atoms with E-state index in [0.29, 0.717) is 5.69 Å². The highest BCUT2D eigenvalue weighted by Crippen LogP contribution is 2.16. The predicted molar refractivity (Wildman–Crippen MR) is 82.6 cm³/mol. The van der Waals surface area contributed by atoms with Crippen LogP contribution >= 0.6 is 0 Å². The Balaban J connectivity index is 1.84. The fraction of sp³-hybridized carbons (Fsp3) is 0.412. The lowest BCUT2D eigenvalue weighted by Crippen LogP contribution is -2.32. The van der Waals surface area contributed by atoms with Gasteiger partial charge in [0.2, 0.25) is 0 Å². The van der Waals surface area contributed by atoms with E-state index in [2.05, 4.69) is 5.10 Å². The van der Waals surface area contributed by atoms with Crippen LogP contribution in [0.2, 0.25) is 0 Å². The van der Waals surface area contributed by atoms with Gasteiger partial charge in [-0.2, -0.15) is 5.10 Å². The second-order valence-corrected chi connectivity index (χ2v) is 5.77. The Morgan fingerprint density at radius 2 is 1.73 bits per heavy atom. The van der Waals surface area contributed by atoms with Crippen LogP contribution in [0.15, 0.2) is 30.3 Å². The van der Waals surface area contributed by atoms with Gasteiger partial charge in [0.1, 0.15) is 5.82 Å². The number of halogens is 1. The smallest absolute Gasteiger partial charge is 0.274 e. The Morgan fingerprint density at radius 3 is 2.36 bits per heavy atom. The van der Waals surface area contributed by atoms with Crippen molar-refractivity contribution >= 4 is 5.91 Å². The van der Waals surface area contributed by atoms with Crippen molar-refractivity contribution in [1.82, 2.24) is 14.7 Å². The number of carbonyl (C=O) groups excluding carboxylic acids is 1. The van der Waals surface area contributed by atoms with Gasteiger partial charge in [-0.25, -0.2) is 9.07 Å². The van der Waals surface area contributed by atoms with E-state index < -0.39 is 0 Å².